The Kier molecular flexibility index (Phi) is 5.93. The average molecular weight is 286 g/mol. The van der Waals surface area contributed by atoms with Crippen molar-refractivity contribution in [1.82, 2.24) is 20.3 Å². The predicted octanol–water partition coefficient (Wildman–Crippen LogP) is 3.44. The molecule has 0 aliphatic carbocycles. The first kappa shape index (κ1) is 15.7. The lowest BCUT2D eigenvalue weighted by Crippen LogP contribution is -2.28. The Bertz CT molecular complexity index is 541. The maximum atomic E-state index is 4.29. The zero-order chi connectivity index (χ0) is 15.1. The Morgan fingerprint density at radius 3 is 2.43 bits per heavy atom. The molecule has 0 spiro atoms. The van der Waals surface area contributed by atoms with Gasteiger partial charge in [-0.15, -0.1) is 5.10 Å². The van der Waals surface area contributed by atoms with Gasteiger partial charge >= 0.3 is 0 Å². The lowest BCUT2D eigenvalue weighted by atomic mass is 10.0. The van der Waals surface area contributed by atoms with Crippen LogP contribution >= 0.6 is 0 Å². The molecule has 114 valence electrons. The van der Waals surface area contributed by atoms with Crippen molar-refractivity contribution >= 4 is 0 Å². The highest BCUT2D eigenvalue weighted by atomic mass is 15.3. The Hall–Kier alpha value is -1.68. The van der Waals surface area contributed by atoms with Gasteiger partial charge in [-0.25, -0.2) is 0 Å². The summed E-state index contributed by atoms with van der Waals surface area (Å²) in [6.07, 6.45) is 3.37. The van der Waals surface area contributed by atoms with Crippen LogP contribution in [0.15, 0.2) is 24.3 Å². The smallest absolute Gasteiger partial charge is 0.116 e. The molecule has 0 aliphatic rings. The molecule has 4 heteroatoms. The zero-order valence-corrected chi connectivity index (χ0v) is 13.4. The van der Waals surface area contributed by atoms with Crippen molar-refractivity contribution in [3.05, 3.63) is 35.5 Å². The molecular weight excluding hydrogens is 260 g/mol. The third-order valence-corrected chi connectivity index (χ3v) is 3.78. The van der Waals surface area contributed by atoms with Gasteiger partial charge in [0.2, 0.25) is 0 Å². The first-order valence-corrected chi connectivity index (χ1v) is 7.94. The fourth-order valence-electron chi connectivity index (χ4n) is 2.72. The van der Waals surface area contributed by atoms with Gasteiger partial charge in [-0.2, -0.15) is 0 Å². The van der Waals surface area contributed by atoms with Crippen LogP contribution in [-0.4, -0.2) is 39.9 Å². The average Bonchev–Trinajstić information content (AvgIpc) is 2.94. The van der Waals surface area contributed by atoms with Gasteiger partial charge < -0.3 is 4.90 Å². The van der Waals surface area contributed by atoms with Gasteiger partial charge in [0, 0.05) is 18.5 Å². The largest absolute Gasteiger partial charge is 0.303 e. The van der Waals surface area contributed by atoms with Gasteiger partial charge in [-0.3, -0.25) is 5.10 Å². The number of hydrogen-bond acceptors (Lipinski definition) is 3. The third kappa shape index (κ3) is 4.14. The molecule has 0 bridgehead atoms. The SMILES string of the molecule is CCCN(CCC)CCc1[nH]nnc1-c1ccccc1C. The molecular formula is C17H26N4. The molecule has 0 unspecified atom stereocenters. The van der Waals surface area contributed by atoms with Gasteiger partial charge in [0.1, 0.15) is 5.69 Å². The molecule has 1 aromatic heterocycles. The van der Waals surface area contributed by atoms with Crippen molar-refractivity contribution in [1.29, 1.82) is 0 Å². The van der Waals surface area contributed by atoms with Crippen molar-refractivity contribution in [3.8, 4) is 11.3 Å². The maximum Gasteiger partial charge on any atom is 0.116 e. The lowest BCUT2D eigenvalue weighted by molar-refractivity contribution is 0.277. The molecule has 0 fully saturated rings. The molecule has 2 aromatic rings. The normalized spacial score (nSPS) is 11.2. The van der Waals surface area contributed by atoms with Crippen LogP contribution in [0.4, 0.5) is 0 Å². The molecule has 0 amide bonds. The number of nitrogens with one attached hydrogen (secondary N) is 1. The summed E-state index contributed by atoms with van der Waals surface area (Å²) in [5.74, 6) is 0. The molecule has 0 saturated carbocycles. The summed E-state index contributed by atoms with van der Waals surface area (Å²) in [5, 5.41) is 11.4. The van der Waals surface area contributed by atoms with Crippen LogP contribution in [0.3, 0.4) is 0 Å². The molecule has 1 N–H and O–H groups in total. The monoisotopic (exact) mass is 286 g/mol. The molecule has 4 nitrogen and oxygen atoms in total. The minimum absolute atomic E-state index is 0.969. The van der Waals surface area contributed by atoms with Gasteiger partial charge in [-0.05, 0) is 38.4 Å². The van der Waals surface area contributed by atoms with Crippen LogP contribution < -0.4 is 0 Å². The second kappa shape index (κ2) is 7.93. The van der Waals surface area contributed by atoms with Crippen molar-refractivity contribution in [2.45, 2.75) is 40.0 Å². The highest BCUT2D eigenvalue weighted by molar-refractivity contribution is 5.65. The number of aromatic nitrogens is 3. The van der Waals surface area contributed by atoms with Crippen LogP contribution in [0.5, 0.6) is 0 Å². The van der Waals surface area contributed by atoms with E-state index in [0.717, 1.165) is 37.4 Å². The number of aryl methyl sites for hydroxylation is 1. The van der Waals surface area contributed by atoms with Crippen LogP contribution in [0.25, 0.3) is 11.3 Å². The number of nitrogens with zero attached hydrogens (tertiary/aromatic N) is 3. The highest BCUT2D eigenvalue weighted by Crippen LogP contribution is 2.23. The molecule has 0 radical (unpaired) electrons. The van der Waals surface area contributed by atoms with E-state index in [1.165, 1.54) is 24.0 Å². The van der Waals surface area contributed by atoms with Gasteiger partial charge in [0.25, 0.3) is 0 Å². The van der Waals surface area contributed by atoms with E-state index in [9.17, 15) is 0 Å². The Balaban J connectivity index is 2.09. The molecule has 1 heterocycles. The number of H-pyrrole nitrogens is 1. The van der Waals surface area contributed by atoms with Crippen molar-refractivity contribution in [2.24, 2.45) is 0 Å². The van der Waals surface area contributed by atoms with E-state index >= 15 is 0 Å². The standard InChI is InChI=1S/C17H26N4/c1-4-11-21(12-5-2)13-10-16-17(19-20-18-16)15-9-7-6-8-14(15)3/h6-9H,4-5,10-13H2,1-3H3,(H,18,19,20). The quantitative estimate of drug-likeness (QED) is 0.808. The van der Waals surface area contributed by atoms with Crippen molar-refractivity contribution in [2.75, 3.05) is 19.6 Å². The topological polar surface area (TPSA) is 44.8 Å². The van der Waals surface area contributed by atoms with Crippen LogP contribution in [0, 0.1) is 6.92 Å². The third-order valence-electron chi connectivity index (χ3n) is 3.78. The molecule has 2 rings (SSSR count). The van der Waals surface area contributed by atoms with E-state index in [-0.39, 0.29) is 0 Å². The summed E-state index contributed by atoms with van der Waals surface area (Å²) < 4.78 is 0. The number of rotatable bonds is 8. The van der Waals surface area contributed by atoms with Gasteiger partial charge in [0.15, 0.2) is 0 Å². The fourth-order valence-corrected chi connectivity index (χ4v) is 2.72. The molecule has 0 saturated heterocycles. The summed E-state index contributed by atoms with van der Waals surface area (Å²) in [4.78, 5) is 2.52. The summed E-state index contributed by atoms with van der Waals surface area (Å²) >= 11 is 0. The highest BCUT2D eigenvalue weighted by Gasteiger charge is 2.12. The molecule has 1 aromatic carbocycles. The van der Waals surface area contributed by atoms with E-state index in [2.05, 4.69) is 65.3 Å². The minimum Gasteiger partial charge on any atom is -0.303 e. The van der Waals surface area contributed by atoms with Crippen LogP contribution in [0.2, 0.25) is 0 Å². The second-order valence-electron chi connectivity index (χ2n) is 5.55. The fraction of sp³-hybridized carbons (Fsp3) is 0.529. The number of aromatic amines is 1. The maximum absolute atomic E-state index is 4.29. The summed E-state index contributed by atoms with van der Waals surface area (Å²) in [6, 6.07) is 8.35. The molecule has 0 aliphatic heterocycles. The van der Waals surface area contributed by atoms with E-state index < -0.39 is 0 Å². The Morgan fingerprint density at radius 2 is 1.76 bits per heavy atom. The van der Waals surface area contributed by atoms with E-state index in [1.54, 1.807) is 0 Å². The van der Waals surface area contributed by atoms with E-state index in [0.29, 0.717) is 0 Å². The summed E-state index contributed by atoms with van der Waals surface area (Å²) in [6.45, 7) is 9.97. The molecule has 21 heavy (non-hydrogen) atoms. The van der Waals surface area contributed by atoms with E-state index in [1.807, 2.05) is 0 Å². The van der Waals surface area contributed by atoms with Crippen LogP contribution in [-0.2, 0) is 6.42 Å². The van der Waals surface area contributed by atoms with Gasteiger partial charge in [0.05, 0.1) is 5.69 Å². The predicted molar refractivity (Wildman–Crippen MR) is 87.3 cm³/mol. The first-order chi connectivity index (χ1) is 10.3. The zero-order valence-electron chi connectivity index (χ0n) is 13.4. The first-order valence-electron chi connectivity index (χ1n) is 7.94. The number of hydrogen-bond donors (Lipinski definition) is 1. The van der Waals surface area contributed by atoms with Crippen molar-refractivity contribution in [3.63, 3.8) is 0 Å². The lowest BCUT2D eigenvalue weighted by Gasteiger charge is -2.20. The second-order valence-corrected chi connectivity index (χ2v) is 5.55. The van der Waals surface area contributed by atoms with E-state index in [4.69, 9.17) is 0 Å². The number of benzene rings is 1. The van der Waals surface area contributed by atoms with Crippen LogP contribution in [0.1, 0.15) is 37.9 Å². The van der Waals surface area contributed by atoms with Gasteiger partial charge in [-0.1, -0.05) is 43.3 Å². The Morgan fingerprint density at radius 1 is 1.05 bits per heavy atom. The summed E-state index contributed by atoms with van der Waals surface area (Å²) in [5.41, 5.74) is 4.56. The minimum atomic E-state index is 0.969. The Labute approximate surface area is 127 Å². The van der Waals surface area contributed by atoms with Crippen molar-refractivity contribution < 1.29 is 0 Å². The molecule has 0 atom stereocenters. The summed E-state index contributed by atoms with van der Waals surface area (Å²) in [7, 11) is 0.